The van der Waals surface area contributed by atoms with E-state index in [1.165, 1.54) is 9.36 Å². The first kappa shape index (κ1) is 12.9. The standard InChI is InChI=1S/C9H11IN6O2/c1-3-15-4-6(10)8(17)16(9(15)18)5-7-11-13-14(2)12-7/h4H,3,5H2,1-2H3. The van der Waals surface area contributed by atoms with E-state index >= 15 is 0 Å². The monoisotopic (exact) mass is 362 g/mol. The van der Waals surface area contributed by atoms with E-state index in [2.05, 4.69) is 15.4 Å². The van der Waals surface area contributed by atoms with Crippen molar-refractivity contribution in [3.63, 3.8) is 0 Å². The second-order valence-electron chi connectivity index (χ2n) is 3.63. The average molecular weight is 362 g/mol. The van der Waals surface area contributed by atoms with Crippen LogP contribution in [0.2, 0.25) is 0 Å². The highest BCUT2D eigenvalue weighted by atomic mass is 127. The Bertz CT molecular complexity index is 685. The third kappa shape index (κ3) is 2.35. The maximum Gasteiger partial charge on any atom is 0.331 e. The Morgan fingerprint density at radius 1 is 1.39 bits per heavy atom. The second-order valence-corrected chi connectivity index (χ2v) is 4.79. The number of nitrogens with zero attached hydrogens (tertiary/aromatic N) is 6. The van der Waals surface area contributed by atoms with Crippen molar-refractivity contribution < 1.29 is 0 Å². The van der Waals surface area contributed by atoms with Gasteiger partial charge in [-0.05, 0) is 34.7 Å². The Morgan fingerprint density at radius 2 is 2.11 bits per heavy atom. The summed E-state index contributed by atoms with van der Waals surface area (Å²) in [4.78, 5) is 25.2. The molecule has 8 nitrogen and oxygen atoms in total. The molecule has 0 spiro atoms. The molecule has 0 saturated carbocycles. The van der Waals surface area contributed by atoms with E-state index in [4.69, 9.17) is 0 Å². The number of tetrazole rings is 1. The number of rotatable bonds is 3. The molecule has 0 aliphatic rings. The molecule has 2 heterocycles. The molecule has 0 bridgehead atoms. The van der Waals surface area contributed by atoms with Crippen LogP contribution in [0.25, 0.3) is 0 Å². The summed E-state index contributed by atoms with van der Waals surface area (Å²) in [6.07, 6.45) is 1.55. The van der Waals surface area contributed by atoms with Crippen LogP contribution in [-0.2, 0) is 20.1 Å². The van der Waals surface area contributed by atoms with Crippen LogP contribution in [0.15, 0.2) is 15.8 Å². The summed E-state index contributed by atoms with van der Waals surface area (Å²) in [7, 11) is 1.62. The van der Waals surface area contributed by atoms with Gasteiger partial charge in [-0.3, -0.25) is 13.9 Å². The third-order valence-electron chi connectivity index (χ3n) is 2.39. The minimum atomic E-state index is -0.365. The van der Waals surface area contributed by atoms with Gasteiger partial charge in [-0.2, -0.15) is 4.80 Å². The van der Waals surface area contributed by atoms with E-state index in [-0.39, 0.29) is 17.8 Å². The van der Waals surface area contributed by atoms with Crippen molar-refractivity contribution in [2.45, 2.75) is 20.0 Å². The molecule has 0 aliphatic heterocycles. The lowest BCUT2D eigenvalue weighted by Crippen LogP contribution is -2.41. The summed E-state index contributed by atoms with van der Waals surface area (Å²) < 4.78 is 3.07. The molecule has 0 N–H and O–H groups in total. The normalized spacial score (nSPS) is 10.8. The number of aryl methyl sites for hydroxylation is 2. The molecule has 0 fully saturated rings. The molecule has 0 atom stereocenters. The maximum atomic E-state index is 12.0. The van der Waals surface area contributed by atoms with E-state index in [1.807, 2.05) is 29.5 Å². The van der Waals surface area contributed by atoms with Gasteiger partial charge in [0.1, 0.15) is 0 Å². The molecule has 0 amide bonds. The zero-order chi connectivity index (χ0) is 13.3. The van der Waals surface area contributed by atoms with Crippen LogP contribution in [0.5, 0.6) is 0 Å². The van der Waals surface area contributed by atoms with Crippen LogP contribution in [0.3, 0.4) is 0 Å². The quantitative estimate of drug-likeness (QED) is 0.668. The number of hydrogen-bond donors (Lipinski definition) is 0. The topological polar surface area (TPSA) is 87.6 Å². The van der Waals surface area contributed by atoms with E-state index in [9.17, 15) is 9.59 Å². The van der Waals surface area contributed by atoms with Gasteiger partial charge in [0, 0.05) is 12.7 Å². The maximum absolute atomic E-state index is 12.0. The molecule has 2 aromatic heterocycles. The molecule has 0 aliphatic carbocycles. The van der Waals surface area contributed by atoms with Crippen LogP contribution in [0, 0.1) is 3.57 Å². The summed E-state index contributed by atoms with van der Waals surface area (Å²) in [5.74, 6) is 0.335. The minimum absolute atomic E-state index is 0.0301. The zero-order valence-electron chi connectivity index (χ0n) is 9.87. The fraction of sp³-hybridized carbons (Fsp3) is 0.444. The van der Waals surface area contributed by atoms with Crippen molar-refractivity contribution in [3.8, 4) is 0 Å². The fourth-order valence-corrected chi connectivity index (χ4v) is 2.14. The first-order chi connectivity index (χ1) is 8.52. The summed E-state index contributed by atoms with van der Waals surface area (Å²) in [5, 5.41) is 11.4. The predicted molar refractivity (Wildman–Crippen MR) is 71.3 cm³/mol. The Morgan fingerprint density at radius 3 is 2.67 bits per heavy atom. The van der Waals surface area contributed by atoms with E-state index < -0.39 is 0 Å². The van der Waals surface area contributed by atoms with Crippen molar-refractivity contribution in [1.29, 1.82) is 0 Å². The molecule has 0 aromatic carbocycles. The lowest BCUT2D eigenvalue weighted by molar-refractivity contribution is 0.578. The minimum Gasteiger partial charge on any atom is -0.300 e. The molecule has 18 heavy (non-hydrogen) atoms. The van der Waals surface area contributed by atoms with Crippen molar-refractivity contribution >= 4 is 22.6 Å². The van der Waals surface area contributed by atoms with Crippen LogP contribution in [-0.4, -0.2) is 29.3 Å². The van der Waals surface area contributed by atoms with Crippen molar-refractivity contribution in [1.82, 2.24) is 29.3 Å². The number of halogens is 1. The Labute approximate surface area is 115 Å². The highest BCUT2D eigenvalue weighted by Gasteiger charge is 2.11. The molecule has 0 radical (unpaired) electrons. The van der Waals surface area contributed by atoms with Crippen LogP contribution < -0.4 is 11.2 Å². The Hall–Kier alpha value is -1.52. The van der Waals surface area contributed by atoms with Crippen LogP contribution >= 0.6 is 22.6 Å². The SMILES string of the molecule is CCn1cc(I)c(=O)n(Cc2nnn(C)n2)c1=O. The predicted octanol–water partition coefficient (Wildman–Crippen LogP) is -0.794. The number of hydrogen-bond acceptors (Lipinski definition) is 5. The molecule has 0 saturated heterocycles. The van der Waals surface area contributed by atoms with Gasteiger partial charge < -0.3 is 0 Å². The third-order valence-corrected chi connectivity index (χ3v) is 3.13. The second kappa shape index (κ2) is 5.00. The molecule has 9 heteroatoms. The van der Waals surface area contributed by atoms with E-state index in [0.717, 1.165) is 4.57 Å². The van der Waals surface area contributed by atoms with Crippen molar-refractivity contribution in [2.75, 3.05) is 0 Å². The summed E-state index contributed by atoms with van der Waals surface area (Å²) >= 11 is 1.91. The first-order valence-electron chi connectivity index (χ1n) is 5.25. The van der Waals surface area contributed by atoms with Crippen molar-refractivity contribution in [2.24, 2.45) is 7.05 Å². The van der Waals surface area contributed by atoms with Gasteiger partial charge >= 0.3 is 5.69 Å². The van der Waals surface area contributed by atoms with Gasteiger partial charge in [0.15, 0.2) is 5.82 Å². The molecule has 96 valence electrons. The van der Waals surface area contributed by atoms with Gasteiger partial charge in [0.25, 0.3) is 5.56 Å². The molecule has 2 aromatic rings. The Balaban J connectivity index is 2.53. The molecule has 2 rings (SSSR count). The van der Waals surface area contributed by atoms with Crippen LogP contribution in [0.1, 0.15) is 12.7 Å². The zero-order valence-corrected chi connectivity index (χ0v) is 12.0. The average Bonchev–Trinajstić information content (AvgIpc) is 2.75. The highest BCUT2D eigenvalue weighted by Crippen LogP contribution is 1.95. The van der Waals surface area contributed by atoms with Gasteiger partial charge in [0.2, 0.25) is 0 Å². The van der Waals surface area contributed by atoms with Crippen molar-refractivity contribution in [3.05, 3.63) is 36.4 Å². The van der Waals surface area contributed by atoms with Gasteiger partial charge in [-0.25, -0.2) is 4.79 Å². The highest BCUT2D eigenvalue weighted by molar-refractivity contribution is 14.1. The summed E-state index contributed by atoms with van der Waals surface area (Å²) in [5.41, 5.74) is -0.701. The smallest absolute Gasteiger partial charge is 0.300 e. The largest absolute Gasteiger partial charge is 0.331 e. The van der Waals surface area contributed by atoms with Gasteiger partial charge in [0.05, 0.1) is 17.2 Å². The summed E-state index contributed by atoms with van der Waals surface area (Å²) in [6, 6.07) is 0. The van der Waals surface area contributed by atoms with Crippen LogP contribution in [0.4, 0.5) is 0 Å². The first-order valence-corrected chi connectivity index (χ1v) is 6.33. The lowest BCUT2D eigenvalue weighted by atomic mass is 10.5. The van der Waals surface area contributed by atoms with Gasteiger partial charge in [-0.1, -0.05) is 0 Å². The van der Waals surface area contributed by atoms with E-state index in [1.54, 1.807) is 13.2 Å². The van der Waals surface area contributed by atoms with E-state index in [0.29, 0.717) is 15.9 Å². The summed E-state index contributed by atoms with van der Waals surface area (Å²) in [6.45, 7) is 2.37. The lowest BCUT2D eigenvalue weighted by Gasteiger charge is -2.07. The molecular formula is C9H11IN6O2. The fourth-order valence-electron chi connectivity index (χ4n) is 1.51. The molecular weight excluding hydrogens is 351 g/mol. The molecule has 0 unspecified atom stereocenters. The van der Waals surface area contributed by atoms with Gasteiger partial charge in [-0.15, -0.1) is 10.2 Å². The Kier molecular flexibility index (Phi) is 3.59. The number of aromatic nitrogens is 6.